The summed E-state index contributed by atoms with van der Waals surface area (Å²) in [4.78, 5) is 15.6. The number of ketones is 1. The second kappa shape index (κ2) is 6.73. The Bertz CT molecular complexity index is 1050. The number of halogens is 1. The molecule has 2 aromatic rings. The molecule has 3 aliphatic carbocycles. The van der Waals surface area contributed by atoms with E-state index in [4.69, 9.17) is 4.74 Å². The van der Waals surface area contributed by atoms with E-state index in [9.17, 15) is 9.90 Å². The number of quaternary nitrogens is 1. The van der Waals surface area contributed by atoms with E-state index >= 15 is 0 Å². The van der Waals surface area contributed by atoms with Crippen LogP contribution in [-0.2, 0) is 16.6 Å². The number of benzene rings is 2. The van der Waals surface area contributed by atoms with Crippen molar-refractivity contribution in [1.82, 2.24) is 0 Å². The lowest BCUT2D eigenvalue weighted by Gasteiger charge is -2.56. The first-order chi connectivity index (χ1) is 14.7. The molecular weight excluding hydrogens is 410 g/mol. The molecule has 1 unspecified atom stereocenters. The molecule has 2 bridgehead atoms. The second-order valence-electron chi connectivity index (χ2n) is 10.3. The maximum atomic E-state index is 13.8. The molecule has 1 spiro atoms. The highest BCUT2D eigenvalue weighted by molar-refractivity contribution is 5.94. The maximum Gasteiger partial charge on any atom is 0.181 e. The van der Waals surface area contributed by atoms with Crippen LogP contribution in [0.5, 0.6) is 11.5 Å². The van der Waals surface area contributed by atoms with Crippen LogP contribution in [-0.4, -0.2) is 36.1 Å². The number of piperidine rings is 1. The summed E-state index contributed by atoms with van der Waals surface area (Å²) in [7, 11) is 0. The van der Waals surface area contributed by atoms with E-state index < -0.39 is 6.10 Å². The van der Waals surface area contributed by atoms with E-state index in [1.807, 2.05) is 18.2 Å². The molecule has 2 heterocycles. The molecule has 1 saturated heterocycles. The number of aromatic hydroxyl groups is 1. The molecule has 5 heteroatoms. The Kier molecular flexibility index (Phi) is 4.26. The highest BCUT2D eigenvalue weighted by atomic mass is 35.5. The largest absolute Gasteiger partial charge is 1.00 e. The van der Waals surface area contributed by atoms with Gasteiger partial charge in [0.1, 0.15) is 0 Å². The van der Waals surface area contributed by atoms with E-state index in [1.165, 1.54) is 30.5 Å². The summed E-state index contributed by atoms with van der Waals surface area (Å²) in [6, 6.07) is 14.7. The number of rotatable bonds is 3. The van der Waals surface area contributed by atoms with Crippen molar-refractivity contribution in [3.63, 3.8) is 0 Å². The quantitative estimate of drug-likeness (QED) is 0.673. The summed E-state index contributed by atoms with van der Waals surface area (Å²) in [6.45, 7) is 2.41. The van der Waals surface area contributed by atoms with Crippen LogP contribution in [0.25, 0.3) is 0 Å². The Hall–Kier alpha value is -2.04. The van der Waals surface area contributed by atoms with Crippen LogP contribution in [0.1, 0.15) is 48.3 Å². The van der Waals surface area contributed by atoms with Gasteiger partial charge in [0.25, 0.3) is 0 Å². The van der Waals surface area contributed by atoms with E-state index in [0.29, 0.717) is 17.7 Å². The highest BCUT2D eigenvalue weighted by Crippen LogP contribution is 2.63. The number of ether oxygens (including phenoxy) is 1. The minimum Gasteiger partial charge on any atom is -1.00 e. The van der Waals surface area contributed by atoms with Crippen molar-refractivity contribution >= 4 is 5.78 Å². The molecule has 0 radical (unpaired) electrons. The van der Waals surface area contributed by atoms with Gasteiger partial charge in [-0.15, -0.1) is 0 Å². The van der Waals surface area contributed by atoms with Gasteiger partial charge >= 0.3 is 0 Å². The van der Waals surface area contributed by atoms with Gasteiger partial charge in [0, 0.05) is 36.2 Å². The van der Waals surface area contributed by atoms with Crippen LogP contribution in [0.3, 0.4) is 0 Å². The lowest BCUT2D eigenvalue weighted by molar-refractivity contribution is -0.939. The zero-order valence-corrected chi connectivity index (χ0v) is 18.3. The molecule has 0 amide bonds. The van der Waals surface area contributed by atoms with Gasteiger partial charge in [0.15, 0.2) is 23.4 Å². The molecule has 31 heavy (non-hydrogen) atoms. The first kappa shape index (κ1) is 19.6. The highest BCUT2D eigenvalue weighted by Gasteiger charge is 2.69. The van der Waals surface area contributed by atoms with Crippen LogP contribution in [0.2, 0.25) is 0 Å². The van der Waals surface area contributed by atoms with Crippen molar-refractivity contribution in [1.29, 1.82) is 0 Å². The molecule has 2 aromatic carbocycles. The first-order valence-corrected chi connectivity index (χ1v) is 11.6. The van der Waals surface area contributed by atoms with E-state index in [2.05, 4.69) is 18.2 Å². The van der Waals surface area contributed by atoms with E-state index in [-0.39, 0.29) is 35.3 Å². The number of phenols is 1. The second-order valence-corrected chi connectivity index (χ2v) is 10.3. The molecular formula is C26H28ClNO3. The zero-order valence-electron chi connectivity index (χ0n) is 17.5. The summed E-state index contributed by atoms with van der Waals surface area (Å²) in [6.07, 6.45) is 5.28. The number of nitrogens with one attached hydrogen (secondary N) is 1. The molecule has 5 aliphatic rings. The number of hydrogen-bond donors (Lipinski definition) is 2. The number of likely N-dealkylation sites (tertiary alicyclic amines) is 1. The van der Waals surface area contributed by atoms with E-state index in [1.54, 1.807) is 11.0 Å². The third-order valence-electron chi connectivity index (χ3n) is 8.90. The predicted octanol–water partition coefficient (Wildman–Crippen LogP) is -0.609. The predicted molar refractivity (Wildman–Crippen MR) is 112 cm³/mol. The molecule has 162 valence electrons. The van der Waals surface area contributed by atoms with E-state index in [0.717, 1.165) is 37.3 Å². The average molecular weight is 438 g/mol. The Morgan fingerprint density at radius 1 is 1.13 bits per heavy atom. The fourth-order valence-electron chi connectivity index (χ4n) is 7.48. The molecule has 2 saturated carbocycles. The van der Waals surface area contributed by atoms with Crippen molar-refractivity contribution in [2.24, 2.45) is 11.8 Å². The van der Waals surface area contributed by atoms with Gasteiger partial charge in [-0.2, -0.15) is 0 Å². The fourth-order valence-corrected chi connectivity index (χ4v) is 7.48. The molecule has 2 aliphatic heterocycles. The van der Waals surface area contributed by atoms with Gasteiger partial charge < -0.3 is 27.2 Å². The Labute approximate surface area is 189 Å². The number of carbonyl (C=O) groups excluding carboxylic acids is 1. The third kappa shape index (κ3) is 2.55. The number of carbonyl (C=O) groups is 1. The lowest BCUT2D eigenvalue weighted by Crippen LogP contribution is -3.19. The number of phenolic OH excluding ortho intramolecular Hbond substituents is 1. The first-order valence-electron chi connectivity index (χ1n) is 11.6. The third-order valence-corrected chi connectivity index (χ3v) is 8.90. The Morgan fingerprint density at radius 3 is 2.71 bits per heavy atom. The van der Waals surface area contributed by atoms with Gasteiger partial charge in [-0.3, -0.25) is 4.79 Å². The smallest absolute Gasteiger partial charge is 0.181 e. The molecule has 2 N–H and O–H groups in total. The Balaban J connectivity index is 0.00000185. The van der Waals surface area contributed by atoms with Crippen molar-refractivity contribution < 1.29 is 31.9 Å². The topological polar surface area (TPSA) is 51.0 Å². The van der Waals surface area contributed by atoms with Crippen LogP contribution in [0.15, 0.2) is 42.5 Å². The lowest BCUT2D eigenvalue weighted by atomic mass is 9.49. The average Bonchev–Trinajstić information content (AvgIpc) is 3.51. The SMILES string of the molecule is O=C1[C@@H](c2ccccc2)C[C@H]2[C@H]3Cc4ccc(O)c5c4[C@@]2(CC[NH+]3CC2CC2)[C@H]1O5.[Cl-]. The fraction of sp³-hybridized carbons (Fsp3) is 0.500. The minimum absolute atomic E-state index is 0. The monoisotopic (exact) mass is 437 g/mol. The minimum atomic E-state index is -0.450. The summed E-state index contributed by atoms with van der Waals surface area (Å²) >= 11 is 0. The zero-order chi connectivity index (χ0) is 20.0. The summed E-state index contributed by atoms with van der Waals surface area (Å²) < 4.78 is 6.39. The van der Waals surface area contributed by atoms with Gasteiger partial charge in [-0.05, 0) is 36.5 Å². The summed E-state index contributed by atoms with van der Waals surface area (Å²) in [5, 5.41) is 10.6. The van der Waals surface area contributed by atoms with Gasteiger partial charge in [-0.25, -0.2) is 0 Å². The van der Waals surface area contributed by atoms with Crippen LogP contribution < -0.4 is 22.0 Å². The number of Topliss-reactive ketones (excluding diaryl/α,β-unsaturated/α-hetero) is 1. The van der Waals surface area contributed by atoms with Gasteiger partial charge in [0.05, 0.1) is 24.5 Å². The van der Waals surface area contributed by atoms with Crippen molar-refractivity contribution in [3.05, 3.63) is 59.2 Å². The number of hydrogen-bond acceptors (Lipinski definition) is 3. The van der Waals surface area contributed by atoms with Crippen molar-refractivity contribution in [2.45, 2.75) is 55.6 Å². The van der Waals surface area contributed by atoms with Gasteiger partial charge in [-0.1, -0.05) is 36.4 Å². The van der Waals surface area contributed by atoms with Crippen molar-refractivity contribution in [3.8, 4) is 11.5 Å². The van der Waals surface area contributed by atoms with Crippen molar-refractivity contribution in [2.75, 3.05) is 13.1 Å². The van der Waals surface area contributed by atoms with Crippen LogP contribution >= 0.6 is 0 Å². The molecule has 7 rings (SSSR count). The summed E-state index contributed by atoms with van der Waals surface area (Å²) in [5.74, 6) is 2.25. The van der Waals surface area contributed by atoms with Gasteiger partial charge in [0.2, 0.25) is 0 Å². The normalized spacial score (nSPS) is 36.9. The molecule has 3 fully saturated rings. The molecule has 4 nitrogen and oxygen atoms in total. The molecule has 6 atom stereocenters. The maximum absolute atomic E-state index is 13.8. The molecule has 0 aromatic heterocycles. The Morgan fingerprint density at radius 2 is 1.94 bits per heavy atom. The van der Waals surface area contributed by atoms with Crippen LogP contribution in [0, 0.1) is 11.8 Å². The van der Waals surface area contributed by atoms with Crippen LogP contribution in [0.4, 0.5) is 0 Å². The standard InChI is InChI=1S/C26H27NO3.ClH/c28-21-9-8-17-12-20-19-13-18(16-4-2-1-3-5-16)23(29)25-26(19,22(17)24(21)30-25)10-11-27(20)14-15-6-7-15;/h1-5,8-9,15,18-20,25,28H,6-7,10-14H2;1H/t18-,19+,20-,25+,26+;/m1./s1. The summed E-state index contributed by atoms with van der Waals surface area (Å²) in [5.41, 5.74) is 3.38.